The largest absolute Gasteiger partial charge is 0.493 e. The summed E-state index contributed by atoms with van der Waals surface area (Å²) in [5.74, 6) is 0.243. The molecule has 0 amide bonds. The third kappa shape index (κ3) is 6.34. The lowest BCUT2D eigenvalue weighted by atomic mass is 10.1. The van der Waals surface area contributed by atoms with Gasteiger partial charge in [0, 0.05) is 11.6 Å². The van der Waals surface area contributed by atoms with Crippen molar-refractivity contribution >= 4 is 12.0 Å². The van der Waals surface area contributed by atoms with Gasteiger partial charge < -0.3 is 14.6 Å². The Morgan fingerprint density at radius 2 is 2.00 bits per heavy atom. The van der Waals surface area contributed by atoms with E-state index >= 15 is 0 Å². The van der Waals surface area contributed by atoms with Crippen LogP contribution in [0.2, 0.25) is 0 Å². The van der Waals surface area contributed by atoms with E-state index in [9.17, 15) is 4.79 Å². The number of carboxylic acid groups (broad SMARTS) is 1. The summed E-state index contributed by atoms with van der Waals surface area (Å²) in [4.78, 5) is 10.6. The predicted octanol–water partition coefficient (Wildman–Crippen LogP) is 4.14. The number of para-hydroxylation sites is 1. The van der Waals surface area contributed by atoms with Crippen LogP contribution in [0, 0.1) is 0 Å². The van der Waals surface area contributed by atoms with Crippen molar-refractivity contribution in [2.45, 2.75) is 39.0 Å². The molecule has 21 heavy (non-hydrogen) atoms. The molecule has 0 spiro atoms. The number of unbranched alkanes of at least 4 members (excludes halogenated alkanes) is 4. The lowest BCUT2D eigenvalue weighted by Gasteiger charge is -2.13. The second kappa shape index (κ2) is 9.86. The summed E-state index contributed by atoms with van der Waals surface area (Å²) < 4.78 is 11.1. The smallest absolute Gasteiger partial charge is 0.328 e. The number of ether oxygens (including phenoxy) is 2. The fraction of sp³-hybridized carbons (Fsp3) is 0.471. The van der Waals surface area contributed by atoms with Gasteiger partial charge in [-0.15, -0.1) is 0 Å². The maximum Gasteiger partial charge on any atom is 0.328 e. The number of rotatable bonds is 10. The van der Waals surface area contributed by atoms with Crippen molar-refractivity contribution in [2.75, 3.05) is 13.7 Å². The Bertz CT molecular complexity index is 466. The topological polar surface area (TPSA) is 55.8 Å². The first kappa shape index (κ1) is 17.1. The molecule has 0 aliphatic carbocycles. The highest BCUT2D eigenvalue weighted by Gasteiger charge is 2.08. The lowest BCUT2D eigenvalue weighted by molar-refractivity contribution is -0.131. The number of carbonyl (C=O) groups is 1. The highest BCUT2D eigenvalue weighted by atomic mass is 16.5. The number of carboxylic acids is 1. The molecule has 0 saturated carbocycles. The van der Waals surface area contributed by atoms with E-state index in [1.54, 1.807) is 7.11 Å². The van der Waals surface area contributed by atoms with Crippen LogP contribution in [0.25, 0.3) is 6.08 Å². The summed E-state index contributed by atoms with van der Waals surface area (Å²) in [5.41, 5.74) is 0.713. The maximum atomic E-state index is 10.6. The molecule has 1 aromatic carbocycles. The van der Waals surface area contributed by atoms with Gasteiger partial charge in [0.05, 0.1) is 13.7 Å². The van der Waals surface area contributed by atoms with Gasteiger partial charge in [0.2, 0.25) is 0 Å². The van der Waals surface area contributed by atoms with Gasteiger partial charge in [0.25, 0.3) is 0 Å². The molecule has 0 aliphatic heterocycles. The number of benzene rings is 1. The summed E-state index contributed by atoms with van der Waals surface area (Å²) in [6.45, 7) is 2.80. The summed E-state index contributed by atoms with van der Waals surface area (Å²) in [6.07, 6.45) is 8.44. The molecule has 0 atom stereocenters. The number of aliphatic carboxylic acids is 1. The Balaban J connectivity index is 2.66. The van der Waals surface area contributed by atoms with E-state index in [1.165, 1.54) is 25.3 Å². The van der Waals surface area contributed by atoms with Crippen molar-refractivity contribution < 1.29 is 19.4 Å². The fourth-order valence-corrected chi connectivity index (χ4v) is 2.02. The highest BCUT2D eigenvalue weighted by molar-refractivity contribution is 5.86. The number of methoxy groups -OCH3 is 1. The summed E-state index contributed by atoms with van der Waals surface area (Å²) in [7, 11) is 1.58. The van der Waals surface area contributed by atoms with Crippen LogP contribution >= 0.6 is 0 Å². The second-order valence-corrected chi connectivity index (χ2v) is 4.81. The predicted molar refractivity (Wildman–Crippen MR) is 83.9 cm³/mol. The zero-order chi connectivity index (χ0) is 15.5. The van der Waals surface area contributed by atoms with Gasteiger partial charge in [-0.2, -0.15) is 0 Å². The highest BCUT2D eigenvalue weighted by Crippen LogP contribution is 2.32. The number of hydrogen-bond donors (Lipinski definition) is 1. The molecule has 0 fully saturated rings. The van der Waals surface area contributed by atoms with Crippen LogP contribution in [0.3, 0.4) is 0 Å². The van der Waals surface area contributed by atoms with Crippen LogP contribution in [0.4, 0.5) is 0 Å². The minimum atomic E-state index is -0.983. The molecular formula is C17H24O4. The van der Waals surface area contributed by atoms with E-state index in [1.807, 2.05) is 18.2 Å². The quantitative estimate of drug-likeness (QED) is 0.520. The Kier molecular flexibility index (Phi) is 8.02. The van der Waals surface area contributed by atoms with Crippen molar-refractivity contribution in [1.29, 1.82) is 0 Å². The van der Waals surface area contributed by atoms with Crippen molar-refractivity contribution in [2.24, 2.45) is 0 Å². The average Bonchev–Trinajstić information content (AvgIpc) is 2.49. The third-order valence-corrected chi connectivity index (χ3v) is 3.13. The SMILES string of the molecule is CCCCCCCOc1c(/C=C/C(=O)O)cccc1OC. The summed E-state index contributed by atoms with van der Waals surface area (Å²) in [6, 6.07) is 5.44. The minimum absolute atomic E-state index is 0.605. The zero-order valence-corrected chi connectivity index (χ0v) is 12.8. The Morgan fingerprint density at radius 3 is 2.67 bits per heavy atom. The van der Waals surface area contributed by atoms with Crippen LogP contribution < -0.4 is 9.47 Å². The van der Waals surface area contributed by atoms with E-state index in [2.05, 4.69) is 6.92 Å². The van der Waals surface area contributed by atoms with Gasteiger partial charge >= 0.3 is 5.97 Å². The number of hydrogen-bond acceptors (Lipinski definition) is 3. The van der Waals surface area contributed by atoms with Crippen molar-refractivity contribution in [3.05, 3.63) is 29.8 Å². The molecule has 0 radical (unpaired) electrons. The molecule has 116 valence electrons. The normalized spacial score (nSPS) is 10.8. The molecular weight excluding hydrogens is 268 g/mol. The van der Waals surface area contributed by atoms with Crippen LogP contribution in [0.15, 0.2) is 24.3 Å². The Morgan fingerprint density at radius 1 is 1.24 bits per heavy atom. The van der Waals surface area contributed by atoms with E-state index in [0.717, 1.165) is 18.9 Å². The van der Waals surface area contributed by atoms with E-state index in [0.29, 0.717) is 23.7 Å². The van der Waals surface area contributed by atoms with Crippen molar-refractivity contribution in [1.82, 2.24) is 0 Å². The van der Waals surface area contributed by atoms with Crippen molar-refractivity contribution in [3.63, 3.8) is 0 Å². The van der Waals surface area contributed by atoms with Crippen molar-refractivity contribution in [3.8, 4) is 11.5 Å². The van der Waals surface area contributed by atoms with Crippen LogP contribution in [-0.4, -0.2) is 24.8 Å². The van der Waals surface area contributed by atoms with Gasteiger partial charge in [-0.3, -0.25) is 0 Å². The first-order valence-electron chi connectivity index (χ1n) is 7.39. The molecule has 0 aromatic heterocycles. The molecule has 0 heterocycles. The molecule has 0 saturated heterocycles. The molecule has 4 heteroatoms. The van der Waals surface area contributed by atoms with Crippen LogP contribution in [-0.2, 0) is 4.79 Å². The first-order chi connectivity index (χ1) is 10.2. The first-order valence-corrected chi connectivity index (χ1v) is 7.39. The standard InChI is InChI=1S/C17H24O4/c1-3-4-5-6-7-13-21-17-14(11-12-16(18)19)9-8-10-15(17)20-2/h8-12H,3-7,13H2,1-2H3,(H,18,19)/b12-11+. The lowest BCUT2D eigenvalue weighted by Crippen LogP contribution is -2.01. The van der Waals surface area contributed by atoms with E-state index < -0.39 is 5.97 Å². The molecule has 0 aliphatic rings. The minimum Gasteiger partial charge on any atom is -0.493 e. The summed E-state index contributed by atoms with van der Waals surface area (Å²) >= 11 is 0. The molecule has 4 nitrogen and oxygen atoms in total. The van der Waals surface area contributed by atoms with Crippen LogP contribution in [0.5, 0.6) is 11.5 Å². The third-order valence-electron chi connectivity index (χ3n) is 3.13. The van der Waals surface area contributed by atoms with Gasteiger partial charge in [-0.05, 0) is 18.6 Å². The molecule has 1 N–H and O–H groups in total. The van der Waals surface area contributed by atoms with Gasteiger partial charge in [-0.25, -0.2) is 4.79 Å². The zero-order valence-electron chi connectivity index (χ0n) is 12.8. The Labute approximate surface area is 126 Å². The van der Waals surface area contributed by atoms with E-state index in [4.69, 9.17) is 14.6 Å². The Hall–Kier alpha value is -1.97. The van der Waals surface area contributed by atoms with Gasteiger partial charge in [-0.1, -0.05) is 44.7 Å². The molecule has 0 unspecified atom stereocenters. The molecule has 0 bridgehead atoms. The second-order valence-electron chi connectivity index (χ2n) is 4.81. The fourth-order valence-electron chi connectivity index (χ4n) is 2.02. The monoisotopic (exact) mass is 292 g/mol. The van der Waals surface area contributed by atoms with Gasteiger partial charge in [0.1, 0.15) is 0 Å². The van der Waals surface area contributed by atoms with Gasteiger partial charge in [0.15, 0.2) is 11.5 Å². The molecule has 1 aromatic rings. The summed E-state index contributed by atoms with van der Waals surface area (Å²) in [5, 5.41) is 8.73. The maximum absolute atomic E-state index is 10.6. The average molecular weight is 292 g/mol. The molecule has 1 rings (SSSR count). The van der Waals surface area contributed by atoms with Crippen LogP contribution in [0.1, 0.15) is 44.6 Å². The van der Waals surface area contributed by atoms with E-state index in [-0.39, 0.29) is 0 Å².